The van der Waals surface area contributed by atoms with E-state index in [0.29, 0.717) is 38.7 Å². The molecular formula is C21H14ClFN4O4. The Morgan fingerprint density at radius 3 is 2.74 bits per heavy atom. The van der Waals surface area contributed by atoms with Crippen molar-refractivity contribution in [2.75, 3.05) is 5.32 Å². The number of fused-ring (bicyclic) bond motifs is 1. The fourth-order valence-corrected chi connectivity index (χ4v) is 3.18. The van der Waals surface area contributed by atoms with Crippen LogP contribution < -0.4 is 10.1 Å². The number of rotatable bonds is 6. The number of anilines is 2. The highest BCUT2D eigenvalue weighted by molar-refractivity contribution is 6.32. The van der Waals surface area contributed by atoms with Gasteiger partial charge in [0.2, 0.25) is 0 Å². The summed E-state index contributed by atoms with van der Waals surface area (Å²) in [6, 6.07) is 13.4. The summed E-state index contributed by atoms with van der Waals surface area (Å²) in [5, 5.41) is 24.6. The van der Waals surface area contributed by atoms with E-state index >= 15 is 0 Å². The van der Waals surface area contributed by atoms with Crippen molar-refractivity contribution in [2.45, 2.75) is 6.61 Å². The van der Waals surface area contributed by atoms with Crippen molar-refractivity contribution < 1.29 is 19.2 Å². The molecule has 10 heteroatoms. The Bertz CT molecular complexity index is 1300. The number of nitrogens with zero attached hydrogens (tertiary/aromatic N) is 3. The molecule has 0 fully saturated rings. The average Bonchev–Trinajstić information content (AvgIpc) is 2.73. The minimum atomic E-state index is -0.687. The van der Waals surface area contributed by atoms with Gasteiger partial charge >= 0.3 is 5.69 Å². The third-order valence-electron chi connectivity index (χ3n) is 4.41. The minimum absolute atomic E-state index is 0.147. The molecule has 0 radical (unpaired) electrons. The standard InChI is InChI=1S/C21H14ClFN4O4/c22-16-7-14(4-5-20(16)31-10-12-2-1-3-13(23)6-12)26-21-15-8-18(27(29)30)19(28)9-17(15)24-11-25-21/h1-9,11,28H,10H2,(H,24,25,26). The molecule has 156 valence electrons. The molecule has 31 heavy (non-hydrogen) atoms. The third-order valence-corrected chi connectivity index (χ3v) is 4.70. The normalized spacial score (nSPS) is 10.8. The number of benzene rings is 3. The van der Waals surface area contributed by atoms with E-state index < -0.39 is 16.4 Å². The Morgan fingerprint density at radius 2 is 2.00 bits per heavy atom. The Balaban J connectivity index is 1.57. The maximum atomic E-state index is 13.3. The maximum Gasteiger partial charge on any atom is 0.311 e. The molecule has 0 aliphatic rings. The van der Waals surface area contributed by atoms with E-state index in [2.05, 4.69) is 15.3 Å². The van der Waals surface area contributed by atoms with E-state index in [0.717, 1.165) is 0 Å². The van der Waals surface area contributed by atoms with Crippen LogP contribution in [0.1, 0.15) is 5.56 Å². The largest absolute Gasteiger partial charge is 0.502 e. The van der Waals surface area contributed by atoms with Crippen LogP contribution in [0.25, 0.3) is 10.9 Å². The van der Waals surface area contributed by atoms with Gasteiger partial charge in [-0.3, -0.25) is 10.1 Å². The van der Waals surface area contributed by atoms with Gasteiger partial charge in [0, 0.05) is 17.8 Å². The van der Waals surface area contributed by atoms with E-state index in [1.165, 1.54) is 30.6 Å². The molecule has 0 spiro atoms. The Hall–Kier alpha value is -3.98. The van der Waals surface area contributed by atoms with Gasteiger partial charge in [-0.05, 0) is 35.9 Å². The molecule has 3 aromatic carbocycles. The quantitative estimate of drug-likeness (QED) is 0.306. The summed E-state index contributed by atoms with van der Waals surface area (Å²) in [5.74, 6) is -0.121. The first-order valence-electron chi connectivity index (χ1n) is 8.96. The topological polar surface area (TPSA) is 110 Å². The number of phenols is 1. The van der Waals surface area contributed by atoms with Gasteiger partial charge in [0.05, 0.1) is 20.8 Å². The second-order valence-electron chi connectivity index (χ2n) is 6.53. The summed E-state index contributed by atoms with van der Waals surface area (Å²) in [5.41, 5.74) is 1.10. The summed E-state index contributed by atoms with van der Waals surface area (Å²) in [7, 11) is 0. The van der Waals surface area contributed by atoms with Gasteiger partial charge in [0.25, 0.3) is 0 Å². The lowest BCUT2D eigenvalue weighted by Crippen LogP contribution is -1.99. The van der Waals surface area contributed by atoms with Gasteiger partial charge in [-0.15, -0.1) is 0 Å². The van der Waals surface area contributed by atoms with Crippen LogP contribution in [-0.2, 0) is 6.61 Å². The SMILES string of the molecule is O=[N+]([O-])c1cc2c(Nc3ccc(OCc4cccc(F)c4)c(Cl)c3)ncnc2cc1O. The van der Waals surface area contributed by atoms with Crippen molar-refractivity contribution in [3.8, 4) is 11.5 Å². The fourth-order valence-electron chi connectivity index (χ4n) is 2.95. The molecule has 0 saturated carbocycles. The van der Waals surface area contributed by atoms with Crippen LogP contribution in [0, 0.1) is 15.9 Å². The molecule has 0 atom stereocenters. The predicted molar refractivity (Wildman–Crippen MR) is 113 cm³/mol. The zero-order chi connectivity index (χ0) is 22.0. The van der Waals surface area contributed by atoms with E-state index in [1.54, 1.807) is 30.3 Å². The fraction of sp³-hybridized carbons (Fsp3) is 0.0476. The van der Waals surface area contributed by atoms with Crippen LogP contribution in [-0.4, -0.2) is 20.0 Å². The van der Waals surface area contributed by atoms with Crippen LogP contribution in [0.5, 0.6) is 11.5 Å². The molecule has 0 saturated heterocycles. The number of aromatic nitrogens is 2. The summed E-state index contributed by atoms with van der Waals surface area (Å²) >= 11 is 6.30. The van der Waals surface area contributed by atoms with Crippen LogP contribution in [0.15, 0.2) is 60.9 Å². The number of nitro groups is 1. The van der Waals surface area contributed by atoms with Gasteiger partial charge in [-0.25, -0.2) is 14.4 Å². The summed E-state index contributed by atoms with van der Waals surface area (Å²) in [6.45, 7) is 0.147. The lowest BCUT2D eigenvalue weighted by Gasteiger charge is -2.12. The first kappa shape index (κ1) is 20.3. The van der Waals surface area contributed by atoms with Gasteiger partial charge in [0.1, 0.15) is 30.3 Å². The Kier molecular flexibility index (Phi) is 5.50. The maximum absolute atomic E-state index is 13.3. The minimum Gasteiger partial charge on any atom is -0.502 e. The van der Waals surface area contributed by atoms with Gasteiger partial charge < -0.3 is 15.2 Å². The highest BCUT2D eigenvalue weighted by atomic mass is 35.5. The molecule has 0 aliphatic carbocycles. The van der Waals surface area contributed by atoms with Crippen LogP contribution >= 0.6 is 11.6 Å². The zero-order valence-electron chi connectivity index (χ0n) is 15.8. The summed E-state index contributed by atoms with van der Waals surface area (Å²) < 4.78 is 18.9. The number of hydrogen-bond donors (Lipinski definition) is 2. The number of ether oxygens (including phenoxy) is 1. The zero-order valence-corrected chi connectivity index (χ0v) is 16.5. The third kappa shape index (κ3) is 4.46. The number of phenolic OH excluding ortho intramolecular Hbond substituents is 1. The molecular weight excluding hydrogens is 427 g/mol. The van der Waals surface area contributed by atoms with E-state index in [-0.39, 0.29) is 12.4 Å². The Morgan fingerprint density at radius 1 is 1.16 bits per heavy atom. The van der Waals surface area contributed by atoms with Crippen molar-refractivity contribution in [1.29, 1.82) is 0 Å². The molecule has 1 heterocycles. The smallest absolute Gasteiger partial charge is 0.311 e. The number of aromatic hydroxyl groups is 1. The highest BCUT2D eigenvalue weighted by Crippen LogP contribution is 2.35. The number of nitrogens with one attached hydrogen (secondary N) is 1. The molecule has 0 amide bonds. The first-order valence-corrected chi connectivity index (χ1v) is 9.34. The molecule has 8 nitrogen and oxygen atoms in total. The predicted octanol–water partition coefficient (Wildman–Crippen LogP) is 5.36. The molecule has 0 unspecified atom stereocenters. The lowest BCUT2D eigenvalue weighted by molar-refractivity contribution is -0.385. The van der Waals surface area contributed by atoms with Gasteiger partial charge in [-0.1, -0.05) is 23.7 Å². The molecule has 1 aromatic heterocycles. The second kappa shape index (κ2) is 8.41. The monoisotopic (exact) mass is 440 g/mol. The highest BCUT2D eigenvalue weighted by Gasteiger charge is 2.17. The first-order chi connectivity index (χ1) is 14.9. The van der Waals surface area contributed by atoms with E-state index in [9.17, 15) is 19.6 Å². The molecule has 4 aromatic rings. The Labute approximate surface area is 180 Å². The van der Waals surface area contributed by atoms with Crippen molar-refractivity contribution >= 4 is 39.7 Å². The van der Waals surface area contributed by atoms with E-state index in [1.807, 2.05) is 0 Å². The van der Waals surface area contributed by atoms with Crippen LogP contribution in [0.4, 0.5) is 21.6 Å². The summed E-state index contributed by atoms with van der Waals surface area (Å²) in [4.78, 5) is 18.6. The number of halogens is 2. The summed E-state index contributed by atoms with van der Waals surface area (Å²) in [6.07, 6.45) is 1.27. The molecule has 4 rings (SSSR count). The number of nitro benzene ring substituents is 1. The lowest BCUT2D eigenvalue weighted by atomic mass is 10.2. The van der Waals surface area contributed by atoms with Crippen molar-refractivity contribution in [3.05, 3.63) is 87.4 Å². The van der Waals surface area contributed by atoms with Gasteiger partial charge in [-0.2, -0.15) is 0 Å². The van der Waals surface area contributed by atoms with Crippen molar-refractivity contribution in [3.63, 3.8) is 0 Å². The molecule has 0 bridgehead atoms. The van der Waals surface area contributed by atoms with Gasteiger partial charge in [0.15, 0.2) is 5.75 Å². The molecule has 0 aliphatic heterocycles. The second-order valence-corrected chi connectivity index (χ2v) is 6.93. The van der Waals surface area contributed by atoms with Crippen LogP contribution in [0.2, 0.25) is 5.02 Å². The average molecular weight is 441 g/mol. The van der Waals surface area contributed by atoms with E-state index in [4.69, 9.17) is 16.3 Å². The van der Waals surface area contributed by atoms with Crippen molar-refractivity contribution in [2.24, 2.45) is 0 Å². The molecule has 2 N–H and O–H groups in total. The van der Waals surface area contributed by atoms with Crippen molar-refractivity contribution in [1.82, 2.24) is 9.97 Å². The number of hydrogen-bond acceptors (Lipinski definition) is 7. The van der Waals surface area contributed by atoms with Crippen LogP contribution in [0.3, 0.4) is 0 Å².